The van der Waals surface area contributed by atoms with Crippen molar-refractivity contribution in [2.75, 3.05) is 13.1 Å². The number of fused-ring (bicyclic) bond motifs is 1. The number of rotatable bonds is 6. The molecule has 1 amide bonds. The van der Waals surface area contributed by atoms with E-state index in [1.807, 2.05) is 29.2 Å². The first-order valence-corrected chi connectivity index (χ1v) is 13.4. The Hall–Kier alpha value is -4.61. The molecule has 2 aliphatic rings. The molecule has 2 fully saturated rings. The number of nitrogens with one attached hydrogen (secondary N) is 2. The highest BCUT2D eigenvalue weighted by Crippen LogP contribution is 2.38. The fourth-order valence-corrected chi connectivity index (χ4v) is 6.11. The second-order valence-corrected chi connectivity index (χ2v) is 10.8. The fourth-order valence-electron chi connectivity index (χ4n) is 6.11. The number of carbonyl (C=O) groups is 1. The van der Waals surface area contributed by atoms with E-state index in [9.17, 15) is 14.4 Å². The highest BCUT2D eigenvalue weighted by molar-refractivity contribution is 5.94. The van der Waals surface area contributed by atoms with Crippen LogP contribution in [-0.4, -0.2) is 60.7 Å². The third-order valence-electron chi connectivity index (χ3n) is 8.14. The van der Waals surface area contributed by atoms with Crippen molar-refractivity contribution in [2.24, 2.45) is 0 Å². The van der Waals surface area contributed by atoms with Crippen LogP contribution < -0.4 is 5.32 Å². The van der Waals surface area contributed by atoms with Crippen molar-refractivity contribution < 1.29 is 9.18 Å². The number of amides is 1. The molecule has 2 atom stereocenters. The zero-order chi connectivity index (χ0) is 27.7. The van der Waals surface area contributed by atoms with Crippen LogP contribution in [0.15, 0.2) is 49.2 Å². The number of aromatic amines is 1. The van der Waals surface area contributed by atoms with Crippen molar-refractivity contribution in [3.05, 3.63) is 66.1 Å². The molecule has 0 spiro atoms. The average molecular weight is 538 g/mol. The molecule has 10 nitrogen and oxygen atoms in total. The number of benzene rings is 1. The van der Waals surface area contributed by atoms with E-state index in [2.05, 4.69) is 36.3 Å². The maximum atomic E-state index is 13.9. The Balaban J connectivity index is 1.15. The predicted octanol–water partition coefficient (Wildman–Crippen LogP) is 3.89. The van der Waals surface area contributed by atoms with Gasteiger partial charge in [-0.1, -0.05) is 12.8 Å². The first-order valence-electron chi connectivity index (χ1n) is 13.4. The van der Waals surface area contributed by atoms with E-state index in [0.717, 1.165) is 66.5 Å². The van der Waals surface area contributed by atoms with Crippen LogP contribution in [0.4, 0.5) is 4.39 Å². The average Bonchev–Trinajstić information content (AvgIpc) is 3.56. The second-order valence-electron chi connectivity index (χ2n) is 10.8. The number of aromatic nitrogens is 5. The molecule has 1 aliphatic heterocycles. The summed E-state index contributed by atoms with van der Waals surface area (Å²) in [4.78, 5) is 27.1. The fraction of sp³-hybridized carbons (Fsp3) is 0.379. The maximum Gasteiger partial charge on any atom is 0.251 e. The normalized spacial score (nSPS) is 20.7. The van der Waals surface area contributed by atoms with Crippen molar-refractivity contribution in [2.45, 2.75) is 56.1 Å². The van der Waals surface area contributed by atoms with Crippen LogP contribution in [-0.2, 0) is 5.54 Å². The van der Waals surface area contributed by atoms with E-state index in [4.69, 9.17) is 5.26 Å². The highest BCUT2D eigenvalue weighted by Gasteiger charge is 2.48. The molecule has 1 saturated heterocycles. The van der Waals surface area contributed by atoms with E-state index in [1.54, 1.807) is 6.20 Å². The Kier molecular flexibility index (Phi) is 6.74. The van der Waals surface area contributed by atoms with Gasteiger partial charge in [-0.05, 0) is 43.5 Å². The van der Waals surface area contributed by atoms with Crippen molar-refractivity contribution in [3.8, 4) is 23.4 Å². The summed E-state index contributed by atoms with van der Waals surface area (Å²) in [5.41, 5.74) is 2.27. The van der Waals surface area contributed by atoms with Gasteiger partial charge in [-0.15, -0.1) is 0 Å². The zero-order valence-electron chi connectivity index (χ0n) is 21.8. The van der Waals surface area contributed by atoms with Crippen molar-refractivity contribution in [3.63, 3.8) is 0 Å². The smallest absolute Gasteiger partial charge is 0.251 e. The monoisotopic (exact) mass is 537 g/mol. The predicted molar refractivity (Wildman–Crippen MR) is 144 cm³/mol. The zero-order valence-corrected chi connectivity index (χ0v) is 21.8. The van der Waals surface area contributed by atoms with E-state index >= 15 is 0 Å². The van der Waals surface area contributed by atoms with Crippen LogP contribution in [0.3, 0.4) is 0 Å². The lowest BCUT2D eigenvalue weighted by atomic mass is 9.84. The maximum absolute atomic E-state index is 13.9. The molecule has 4 heterocycles. The summed E-state index contributed by atoms with van der Waals surface area (Å²) in [6.07, 6.45) is 12.1. The molecule has 1 aromatic carbocycles. The van der Waals surface area contributed by atoms with Crippen molar-refractivity contribution in [1.29, 1.82) is 10.5 Å². The number of nitrogens with zero attached hydrogens (tertiary/aromatic N) is 7. The van der Waals surface area contributed by atoms with Gasteiger partial charge in [0.25, 0.3) is 5.91 Å². The van der Waals surface area contributed by atoms with Crippen LogP contribution in [0.5, 0.6) is 0 Å². The van der Waals surface area contributed by atoms with Gasteiger partial charge in [-0.25, -0.2) is 14.4 Å². The number of likely N-dealkylation sites (tertiary alicyclic amines) is 1. The van der Waals surface area contributed by atoms with Crippen LogP contribution in [0.2, 0.25) is 0 Å². The Morgan fingerprint density at radius 1 is 1.20 bits per heavy atom. The minimum atomic E-state index is -0.601. The molecule has 202 valence electrons. The Morgan fingerprint density at radius 3 is 2.88 bits per heavy atom. The van der Waals surface area contributed by atoms with Gasteiger partial charge in [0.05, 0.1) is 36.0 Å². The summed E-state index contributed by atoms with van der Waals surface area (Å²) < 4.78 is 15.8. The number of hydrogen-bond donors (Lipinski definition) is 2. The minimum Gasteiger partial charge on any atom is -0.349 e. The Bertz CT molecular complexity index is 1640. The largest absolute Gasteiger partial charge is 0.349 e. The molecule has 40 heavy (non-hydrogen) atoms. The molecule has 1 aliphatic carbocycles. The van der Waals surface area contributed by atoms with Gasteiger partial charge in [-0.3, -0.25) is 14.4 Å². The van der Waals surface area contributed by atoms with E-state index < -0.39 is 11.4 Å². The number of halogens is 1. The standard InChI is InChI=1S/C29H28FN9O/c30-22-10-19(13-32)9-20(11-22)28(40)37-23-3-1-2-4-24(12-23)38-16-29(17-38,6-7-31)39-15-21(14-36-39)26-25-5-8-33-27(25)35-18-34-26/h5,8-11,14-15,18,23-24H,1-4,6,12,16-17H2,(H,37,40)(H,33,34,35). The summed E-state index contributed by atoms with van der Waals surface area (Å²) in [5.74, 6) is -0.967. The summed E-state index contributed by atoms with van der Waals surface area (Å²) in [6.45, 7) is 1.37. The van der Waals surface area contributed by atoms with Gasteiger partial charge in [0.2, 0.25) is 0 Å². The molecular formula is C29H28FN9O. The van der Waals surface area contributed by atoms with Gasteiger partial charge < -0.3 is 10.3 Å². The SMILES string of the molecule is N#CCC1(n2cc(-c3ncnc4[nH]ccc34)cn2)CN(C2CCCCC(NC(=O)c3cc(F)cc(C#N)c3)C2)C1. The van der Waals surface area contributed by atoms with E-state index in [-0.39, 0.29) is 29.1 Å². The molecule has 0 radical (unpaired) electrons. The van der Waals surface area contributed by atoms with Crippen LogP contribution >= 0.6 is 0 Å². The Morgan fingerprint density at radius 2 is 2.05 bits per heavy atom. The van der Waals surface area contributed by atoms with Gasteiger partial charge in [-0.2, -0.15) is 15.6 Å². The van der Waals surface area contributed by atoms with Crippen LogP contribution in [0.1, 0.15) is 54.4 Å². The third-order valence-corrected chi connectivity index (χ3v) is 8.14. The molecule has 1 saturated carbocycles. The van der Waals surface area contributed by atoms with E-state index in [0.29, 0.717) is 19.5 Å². The van der Waals surface area contributed by atoms with Gasteiger partial charge >= 0.3 is 0 Å². The lowest BCUT2D eigenvalue weighted by Gasteiger charge is -2.52. The van der Waals surface area contributed by atoms with Gasteiger partial charge in [0.1, 0.15) is 23.3 Å². The molecule has 2 unspecified atom stereocenters. The second kappa shape index (κ2) is 10.5. The lowest BCUT2D eigenvalue weighted by molar-refractivity contribution is -0.0317. The first-order chi connectivity index (χ1) is 19.5. The molecular weight excluding hydrogens is 509 g/mol. The van der Waals surface area contributed by atoms with Crippen LogP contribution in [0.25, 0.3) is 22.3 Å². The number of nitriles is 2. The summed E-state index contributed by atoms with van der Waals surface area (Å²) in [6, 6.07) is 10.1. The summed E-state index contributed by atoms with van der Waals surface area (Å²) in [7, 11) is 0. The van der Waals surface area contributed by atoms with Crippen LogP contribution in [0, 0.1) is 28.5 Å². The first kappa shape index (κ1) is 25.7. The molecule has 3 aromatic heterocycles. The number of carbonyl (C=O) groups excluding carboxylic acids is 1. The number of H-pyrrole nitrogens is 1. The molecule has 11 heteroatoms. The molecule has 6 rings (SSSR count). The summed E-state index contributed by atoms with van der Waals surface area (Å²) in [5, 5.41) is 27.5. The topological polar surface area (TPSA) is 139 Å². The minimum absolute atomic E-state index is 0.0578. The quantitative estimate of drug-likeness (QED) is 0.356. The molecule has 4 aromatic rings. The molecule has 0 bridgehead atoms. The van der Waals surface area contributed by atoms with Gasteiger partial charge in [0, 0.05) is 54.1 Å². The Labute approximate surface area is 230 Å². The summed E-state index contributed by atoms with van der Waals surface area (Å²) >= 11 is 0. The lowest BCUT2D eigenvalue weighted by Crippen LogP contribution is -2.65. The van der Waals surface area contributed by atoms with Crippen molar-refractivity contribution in [1.82, 2.24) is 34.9 Å². The van der Waals surface area contributed by atoms with E-state index in [1.165, 1.54) is 12.4 Å². The molecule has 2 N–H and O–H groups in total. The van der Waals surface area contributed by atoms with Gasteiger partial charge in [0.15, 0.2) is 0 Å². The third kappa shape index (κ3) is 4.80. The highest BCUT2D eigenvalue weighted by atomic mass is 19.1. The number of hydrogen-bond acceptors (Lipinski definition) is 7. The van der Waals surface area contributed by atoms with Crippen molar-refractivity contribution >= 4 is 16.9 Å².